The Morgan fingerprint density at radius 2 is 1.33 bits per heavy atom. The first-order chi connectivity index (χ1) is 23.4. The molecular formula is C36H36Cl2N8O2. The fourth-order valence-electron chi connectivity index (χ4n) is 5.61. The molecule has 5 aromatic rings. The van der Waals surface area contributed by atoms with Crippen molar-refractivity contribution in [2.24, 2.45) is 0 Å². The van der Waals surface area contributed by atoms with Crippen LogP contribution in [0.4, 0.5) is 0 Å². The number of nitrogens with zero attached hydrogens (tertiary/aromatic N) is 5. The van der Waals surface area contributed by atoms with E-state index < -0.39 is 0 Å². The van der Waals surface area contributed by atoms with E-state index in [4.69, 9.17) is 42.6 Å². The number of halogens is 2. The van der Waals surface area contributed by atoms with E-state index >= 15 is 0 Å². The number of pyridine rings is 1. The van der Waals surface area contributed by atoms with Gasteiger partial charge in [-0.1, -0.05) is 72.2 Å². The summed E-state index contributed by atoms with van der Waals surface area (Å²) in [6.45, 7) is 6.38. The van der Waals surface area contributed by atoms with Gasteiger partial charge in [0.2, 0.25) is 11.8 Å². The van der Waals surface area contributed by atoms with E-state index in [9.17, 15) is 0 Å². The van der Waals surface area contributed by atoms with Crippen LogP contribution >= 0.6 is 23.2 Å². The molecule has 3 aromatic heterocycles. The molecule has 0 amide bonds. The standard InChI is InChI=1S/C36H36Cl2N8O2/c1-22-13-14-24(44-22)17-40-19-32-36(48-3)46-30(21-43-32)28-12-7-10-26(34(28)38)25-9-6-11-27(33(25)37)29-20-42-31(35(45-29)47-2)18-39-16-23-8-4-5-15-41-23/h4-12,15,20-21,24,39-40,44H,1,13-14,16-19H2,2-3H3/t24-/m0/s1. The largest absolute Gasteiger partial charge is 0.480 e. The van der Waals surface area contributed by atoms with Gasteiger partial charge in [0.25, 0.3) is 0 Å². The first-order valence-corrected chi connectivity index (χ1v) is 16.3. The van der Waals surface area contributed by atoms with E-state index in [0.29, 0.717) is 81.4 Å². The zero-order valence-corrected chi connectivity index (χ0v) is 28.3. The second kappa shape index (κ2) is 15.5. The fourth-order valence-corrected chi connectivity index (χ4v) is 6.26. The van der Waals surface area contributed by atoms with Crippen molar-refractivity contribution >= 4 is 23.2 Å². The summed E-state index contributed by atoms with van der Waals surface area (Å²) in [6, 6.07) is 17.6. The first-order valence-electron chi connectivity index (χ1n) is 15.6. The minimum Gasteiger partial charge on any atom is -0.480 e. The number of methoxy groups -OCH3 is 2. The van der Waals surface area contributed by atoms with E-state index in [1.807, 2.05) is 54.6 Å². The smallest absolute Gasteiger partial charge is 0.237 e. The summed E-state index contributed by atoms with van der Waals surface area (Å²) in [5.41, 5.74) is 7.47. The van der Waals surface area contributed by atoms with Crippen molar-refractivity contribution in [1.82, 2.24) is 40.9 Å². The van der Waals surface area contributed by atoms with Crippen molar-refractivity contribution in [3.8, 4) is 45.4 Å². The third kappa shape index (κ3) is 7.58. The maximum Gasteiger partial charge on any atom is 0.237 e. The predicted octanol–water partition coefficient (Wildman–Crippen LogP) is 6.63. The second-order valence-corrected chi connectivity index (χ2v) is 12.1. The molecule has 0 aliphatic carbocycles. The Kier molecular flexibility index (Phi) is 10.8. The molecule has 48 heavy (non-hydrogen) atoms. The molecule has 10 nitrogen and oxygen atoms in total. The van der Waals surface area contributed by atoms with Gasteiger partial charge in [0.1, 0.15) is 11.4 Å². The molecular weight excluding hydrogens is 647 g/mol. The highest BCUT2D eigenvalue weighted by molar-refractivity contribution is 6.39. The Labute approximate surface area is 290 Å². The third-order valence-electron chi connectivity index (χ3n) is 8.06. The molecule has 1 saturated heterocycles. The summed E-state index contributed by atoms with van der Waals surface area (Å²) in [5, 5.41) is 11.1. The normalized spacial score (nSPS) is 14.2. The molecule has 0 saturated carbocycles. The van der Waals surface area contributed by atoms with Gasteiger partial charge in [-0.25, -0.2) is 9.97 Å². The third-order valence-corrected chi connectivity index (χ3v) is 8.87. The molecule has 12 heteroatoms. The second-order valence-electron chi connectivity index (χ2n) is 11.3. The topological polar surface area (TPSA) is 119 Å². The summed E-state index contributed by atoms with van der Waals surface area (Å²) in [6.07, 6.45) is 7.25. The number of allylic oxidation sites excluding steroid dienone is 1. The minimum absolute atomic E-state index is 0.362. The predicted molar refractivity (Wildman–Crippen MR) is 189 cm³/mol. The molecule has 1 aliphatic rings. The molecule has 6 rings (SSSR count). The van der Waals surface area contributed by atoms with E-state index in [1.165, 1.54) is 0 Å². The molecule has 2 aromatic carbocycles. The average Bonchev–Trinajstić information content (AvgIpc) is 3.54. The molecule has 0 unspecified atom stereocenters. The molecule has 1 aliphatic heterocycles. The zero-order chi connectivity index (χ0) is 33.5. The lowest BCUT2D eigenvalue weighted by molar-refractivity contribution is 0.386. The highest BCUT2D eigenvalue weighted by Crippen LogP contribution is 2.42. The minimum atomic E-state index is 0.362. The number of nitrogens with one attached hydrogen (secondary N) is 3. The van der Waals surface area contributed by atoms with Gasteiger partial charge < -0.3 is 25.4 Å². The van der Waals surface area contributed by atoms with Crippen molar-refractivity contribution in [3.05, 3.63) is 113 Å². The average molecular weight is 684 g/mol. The van der Waals surface area contributed by atoms with Crippen LogP contribution in [0.15, 0.2) is 85.5 Å². The van der Waals surface area contributed by atoms with Crippen molar-refractivity contribution in [2.75, 3.05) is 20.8 Å². The van der Waals surface area contributed by atoms with Crippen LogP contribution in [-0.4, -0.2) is 51.7 Å². The number of hydrogen-bond acceptors (Lipinski definition) is 10. The molecule has 1 fully saturated rings. The van der Waals surface area contributed by atoms with Gasteiger partial charge in [-0.15, -0.1) is 0 Å². The zero-order valence-electron chi connectivity index (χ0n) is 26.8. The van der Waals surface area contributed by atoms with Crippen LogP contribution in [0, 0.1) is 0 Å². The van der Waals surface area contributed by atoms with E-state index in [-0.39, 0.29) is 0 Å². The van der Waals surface area contributed by atoms with Gasteiger partial charge in [0.05, 0.1) is 53.7 Å². The number of hydrogen-bond donors (Lipinski definition) is 3. The molecule has 246 valence electrons. The van der Waals surface area contributed by atoms with Gasteiger partial charge in [0, 0.05) is 66.4 Å². The molecule has 0 radical (unpaired) electrons. The fraction of sp³-hybridized carbons (Fsp3) is 0.250. The number of aromatic nitrogens is 5. The number of ether oxygens (including phenoxy) is 2. The van der Waals surface area contributed by atoms with Gasteiger partial charge in [-0.3, -0.25) is 15.0 Å². The highest BCUT2D eigenvalue weighted by Gasteiger charge is 2.20. The summed E-state index contributed by atoms with van der Waals surface area (Å²) >= 11 is 14.1. The Balaban J connectivity index is 1.21. The molecule has 0 spiro atoms. The maximum atomic E-state index is 7.06. The van der Waals surface area contributed by atoms with Gasteiger partial charge in [-0.2, -0.15) is 0 Å². The van der Waals surface area contributed by atoms with Gasteiger partial charge in [0.15, 0.2) is 0 Å². The lowest BCUT2D eigenvalue weighted by atomic mass is 9.98. The van der Waals surface area contributed by atoms with Gasteiger partial charge in [-0.05, 0) is 25.0 Å². The van der Waals surface area contributed by atoms with E-state index in [2.05, 4.69) is 37.5 Å². The SMILES string of the molecule is C=C1CC[C@@H](CNCc2ncc(-c3cccc(-c4cccc(-c5cnc(CNCc6ccccn6)c(OC)n5)c4Cl)c3Cl)nc2OC)N1. The molecule has 0 bridgehead atoms. The van der Waals surface area contributed by atoms with E-state index in [1.54, 1.807) is 32.8 Å². The summed E-state index contributed by atoms with van der Waals surface area (Å²) < 4.78 is 11.2. The van der Waals surface area contributed by atoms with Crippen LogP contribution in [0.1, 0.15) is 29.9 Å². The van der Waals surface area contributed by atoms with Crippen LogP contribution < -0.4 is 25.4 Å². The van der Waals surface area contributed by atoms with E-state index in [0.717, 1.165) is 41.9 Å². The Morgan fingerprint density at radius 1 is 0.750 bits per heavy atom. The summed E-state index contributed by atoms with van der Waals surface area (Å²) in [5.74, 6) is 0.850. The maximum absolute atomic E-state index is 7.06. The van der Waals surface area contributed by atoms with Gasteiger partial charge >= 0.3 is 0 Å². The van der Waals surface area contributed by atoms with Crippen molar-refractivity contribution in [2.45, 2.75) is 38.5 Å². The molecule has 3 N–H and O–H groups in total. The Hall–Kier alpha value is -4.61. The number of rotatable bonds is 13. The van der Waals surface area contributed by atoms with Crippen molar-refractivity contribution in [1.29, 1.82) is 0 Å². The van der Waals surface area contributed by atoms with Crippen LogP contribution in [0.3, 0.4) is 0 Å². The lowest BCUT2D eigenvalue weighted by Gasteiger charge is -2.15. The highest BCUT2D eigenvalue weighted by atomic mass is 35.5. The monoisotopic (exact) mass is 682 g/mol. The lowest BCUT2D eigenvalue weighted by Crippen LogP contribution is -2.33. The molecule has 1 atom stereocenters. The van der Waals surface area contributed by atoms with Crippen LogP contribution in [0.25, 0.3) is 33.6 Å². The quantitative estimate of drug-likeness (QED) is 0.125. The number of benzene rings is 2. The summed E-state index contributed by atoms with van der Waals surface area (Å²) in [4.78, 5) is 23.2. The first kappa shape index (κ1) is 33.3. The van der Waals surface area contributed by atoms with Crippen LogP contribution in [0.5, 0.6) is 11.8 Å². The van der Waals surface area contributed by atoms with Crippen LogP contribution in [0.2, 0.25) is 10.0 Å². The molecule has 4 heterocycles. The summed E-state index contributed by atoms with van der Waals surface area (Å²) in [7, 11) is 3.16. The Bertz CT molecular complexity index is 1910. The van der Waals surface area contributed by atoms with Crippen molar-refractivity contribution in [3.63, 3.8) is 0 Å². The van der Waals surface area contributed by atoms with Crippen molar-refractivity contribution < 1.29 is 9.47 Å². The Morgan fingerprint density at radius 3 is 1.85 bits per heavy atom. The van der Waals surface area contributed by atoms with Crippen LogP contribution in [-0.2, 0) is 19.6 Å².